The first-order chi connectivity index (χ1) is 18.3. The minimum atomic E-state index is -1.59. The van der Waals surface area contributed by atoms with Crippen LogP contribution in [-0.2, 0) is 15.1 Å². The van der Waals surface area contributed by atoms with Crippen LogP contribution in [-0.4, -0.2) is 61.2 Å². The van der Waals surface area contributed by atoms with Gasteiger partial charge in [-0.2, -0.15) is 0 Å². The molecule has 1 saturated heterocycles. The number of aliphatic imine (C=N–C) groups is 1. The molecule has 38 heavy (non-hydrogen) atoms. The molecule has 2 heterocycles. The molecule has 2 aromatic carbocycles. The molecule has 5 N–H and O–H groups in total. The van der Waals surface area contributed by atoms with Crippen LogP contribution in [0.4, 0.5) is 10.1 Å². The lowest BCUT2D eigenvalue weighted by atomic mass is 9.84. The lowest BCUT2D eigenvalue weighted by Gasteiger charge is -2.28. The van der Waals surface area contributed by atoms with Crippen LogP contribution in [0.1, 0.15) is 48.0 Å². The average molecular weight is 543 g/mol. The number of carbonyl (C=O) groups is 3. The van der Waals surface area contributed by atoms with E-state index in [1.54, 1.807) is 24.3 Å². The van der Waals surface area contributed by atoms with Crippen LogP contribution in [0.5, 0.6) is 0 Å². The van der Waals surface area contributed by atoms with Crippen molar-refractivity contribution in [3.05, 3.63) is 64.4 Å². The normalized spacial score (nSPS) is 19.3. The van der Waals surface area contributed by atoms with Crippen LogP contribution in [0.25, 0.3) is 0 Å². The van der Waals surface area contributed by atoms with Gasteiger partial charge in [0.25, 0.3) is 11.8 Å². The molecule has 2 aliphatic heterocycles. The number of carbonyl (C=O) groups excluding carboxylic acids is 3. The van der Waals surface area contributed by atoms with E-state index in [0.717, 1.165) is 37.9 Å². The van der Waals surface area contributed by atoms with E-state index in [4.69, 9.17) is 17.3 Å². The summed E-state index contributed by atoms with van der Waals surface area (Å²) in [6, 6.07) is 9.82. The molecule has 0 aromatic heterocycles. The van der Waals surface area contributed by atoms with Crippen molar-refractivity contribution in [2.45, 2.75) is 37.6 Å². The Kier molecular flexibility index (Phi) is 9.09. The van der Waals surface area contributed by atoms with Gasteiger partial charge in [-0.15, -0.1) is 0 Å². The molecule has 4 rings (SSSR count). The van der Waals surface area contributed by atoms with Crippen LogP contribution in [0, 0.1) is 5.82 Å². The third-order valence-electron chi connectivity index (χ3n) is 6.91. The summed E-state index contributed by atoms with van der Waals surface area (Å²) in [6.07, 6.45) is 5.46. The summed E-state index contributed by atoms with van der Waals surface area (Å²) in [5.41, 5.74) is 5.15. The number of hydrogen-bond donors (Lipinski definition) is 4. The second-order valence-electron chi connectivity index (χ2n) is 9.48. The third-order valence-corrected chi connectivity index (χ3v) is 7.22. The third kappa shape index (κ3) is 6.20. The van der Waals surface area contributed by atoms with Crippen LogP contribution in [0.15, 0.2) is 47.5 Å². The number of hydrogen-bond acceptors (Lipinski definition) is 6. The number of nitrogens with one attached hydrogen (secondary N) is 3. The van der Waals surface area contributed by atoms with Crippen molar-refractivity contribution < 1.29 is 18.8 Å². The molecule has 2 aliphatic rings. The molecule has 1 unspecified atom stereocenters. The van der Waals surface area contributed by atoms with E-state index < -0.39 is 29.1 Å². The molecule has 3 amide bonds. The number of rotatable bonds is 11. The maximum absolute atomic E-state index is 13.3. The minimum Gasteiger partial charge on any atom is -0.367 e. The number of halogens is 2. The van der Waals surface area contributed by atoms with Crippen molar-refractivity contribution in [3.63, 3.8) is 0 Å². The Bertz CT molecular complexity index is 1220. The molecule has 0 spiro atoms. The Morgan fingerprint density at radius 3 is 2.47 bits per heavy atom. The first-order valence-corrected chi connectivity index (χ1v) is 13.2. The first-order valence-electron chi connectivity index (χ1n) is 12.8. The summed E-state index contributed by atoms with van der Waals surface area (Å²) < 4.78 is 13.3. The molecule has 202 valence electrons. The lowest BCUT2D eigenvalue weighted by molar-refractivity contribution is -0.123. The van der Waals surface area contributed by atoms with Gasteiger partial charge in [-0.1, -0.05) is 30.2 Å². The molecule has 0 radical (unpaired) electrons. The summed E-state index contributed by atoms with van der Waals surface area (Å²) in [5.74, 6) is -2.27. The molecule has 0 saturated carbocycles. The van der Waals surface area contributed by atoms with Gasteiger partial charge in [0.1, 0.15) is 11.5 Å². The molecule has 0 aliphatic carbocycles. The predicted molar refractivity (Wildman–Crippen MR) is 145 cm³/mol. The monoisotopic (exact) mass is 542 g/mol. The zero-order chi connectivity index (χ0) is 27.1. The van der Waals surface area contributed by atoms with Gasteiger partial charge in [0.2, 0.25) is 5.91 Å². The van der Waals surface area contributed by atoms with E-state index in [2.05, 4.69) is 25.8 Å². The standard InChI is InChI=1S/C27H32ClFN6O3/c28-22-16-19(29)8-11-21(22)24(36)34-20-9-6-18(7-10-20)27(26(30)38)23(32-17-33-27)25(37)31-12-2-1-3-13-35-14-4-5-15-35/h6-11,16,33H,1-5,12-15,17H2,(H2,30,38)(H,31,37)(H,34,36). The van der Waals surface area contributed by atoms with Crippen molar-refractivity contribution in [1.82, 2.24) is 15.5 Å². The second kappa shape index (κ2) is 12.5. The van der Waals surface area contributed by atoms with Crippen molar-refractivity contribution in [2.75, 3.05) is 38.2 Å². The highest BCUT2D eigenvalue weighted by Crippen LogP contribution is 2.28. The Hall–Kier alpha value is -3.34. The Labute approximate surface area is 226 Å². The van der Waals surface area contributed by atoms with Gasteiger partial charge in [0.05, 0.1) is 17.3 Å². The molecule has 0 bridgehead atoms. The quantitative estimate of drug-likeness (QED) is 0.325. The van der Waals surface area contributed by atoms with E-state index >= 15 is 0 Å². The number of unbranched alkanes of at least 4 members (excludes halogenated alkanes) is 2. The first kappa shape index (κ1) is 27.7. The van der Waals surface area contributed by atoms with Gasteiger partial charge in [-0.25, -0.2) is 4.39 Å². The smallest absolute Gasteiger partial charge is 0.268 e. The number of nitrogens with two attached hydrogens (primary N) is 1. The maximum atomic E-state index is 13.3. The Morgan fingerprint density at radius 1 is 1.05 bits per heavy atom. The lowest BCUT2D eigenvalue weighted by Crippen LogP contribution is -2.58. The fraction of sp³-hybridized carbons (Fsp3) is 0.407. The van der Waals surface area contributed by atoms with Crippen LogP contribution in [0.3, 0.4) is 0 Å². The molecular formula is C27H32ClFN6O3. The van der Waals surface area contributed by atoms with E-state index in [1.165, 1.54) is 32.0 Å². The number of benzene rings is 2. The summed E-state index contributed by atoms with van der Waals surface area (Å²) in [7, 11) is 0. The summed E-state index contributed by atoms with van der Waals surface area (Å²) in [5, 5.41) is 8.51. The Balaban J connectivity index is 1.37. The van der Waals surface area contributed by atoms with Crippen molar-refractivity contribution in [1.29, 1.82) is 0 Å². The van der Waals surface area contributed by atoms with Crippen molar-refractivity contribution >= 4 is 40.7 Å². The second-order valence-corrected chi connectivity index (χ2v) is 9.88. The molecule has 9 nitrogen and oxygen atoms in total. The average Bonchev–Trinajstić information content (AvgIpc) is 3.57. The van der Waals surface area contributed by atoms with Crippen molar-refractivity contribution in [2.24, 2.45) is 10.7 Å². The number of likely N-dealkylation sites (tertiary alicyclic amines) is 1. The number of anilines is 1. The minimum absolute atomic E-state index is 0.0111. The molecule has 1 atom stereocenters. The molecule has 11 heteroatoms. The topological polar surface area (TPSA) is 129 Å². The summed E-state index contributed by atoms with van der Waals surface area (Å²) in [4.78, 5) is 45.0. The predicted octanol–water partition coefficient (Wildman–Crippen LogP) is 2.80. The van der Waals surface area contributed by atoms with Gasteiger partial charge in [0, 0.05) is 12.2 Å². The summed E-state index contributed by atoms with van der Waals surface area (Å²) >= 11 is 5.98. The van der Waals surface area contributed by atoms with Gasteiger partial charge in [-0.3, -0.25) is 24.7 Å². The number of primary amides is 1. The van der Waals surface area contributed by atoms with Crippen molar-refractivity contribution in [3.8, 4) is 0 Å². The number of nitrogens with zero attached hydrogens (tertiary/aromatic N) is 2. The highest BCUT2D eigenvalue weighted by atomic mass is 35.5. The van der Waals surface area contributed by atoms with E-state index in [0.29, 0.717) is 17.8 Å². The molecular weight excluding hydrogens is 511 g/mol. The highest BCUT2D eigenvalue weighted by molar-refractivity contribution is 6.47. The Morgan fingerprint density at radius 2 is 1.79 bits per heavy atom. The SMILES string of the molecule is NC(=O)C1(c2ccc(NC(=O)c3ccc(F)cc3Cl)cc2)NCN=C1C(=O)NCCCCCN1CCCC1. The van der Waals surface area contributed by atoms with Crippen LogP contribution in [0.2, 0.25) is 5.02 Å². The highest BCUT2D eigenvalue weighted by Gasteiger charge is 2.49. The van der Waals surface area contributed by atoms with E-state index in [1.807, 2.05) is 0 Å². The number of amides is 3. The largest absolute Gasteiger partial charge is 0.367 e. The van der Waals surface area contributed by atoms with Gasteiger partial charge in [-0.05, 0) is 81.2 Å². The van der Waals surface area contributed by atoms with Crippen LogP contribution < -0.4 is 21.7 Å². The van der Waals surface area contributed by atoms with Gasteiger partial charge in [0.15, 0.2) is 5.54 Å². The van der Waals surface area contributed by atoms with Gasteiger partial charge < -0.3 is 21.3 Å². The van der Waals surface area contributed by atoms with E-state index in [-0.39, 0.29) is 23.0 Å². The maximum Gasteiger partial charge on any atom is 0.268 e. The fourth-order valence-electron chi connectivity index (χ4n) is 4.87. The fourth-order valence-corrected chi connectivity index (χ4v) is 5.12. The molecule has 2 aromatic rings. The molecule has 1 fully saturated rings. The zero-order valence-corrected chi connectivity index (χ0v) is 21.8. The van der Waals surface area contributed by atoms with E-state index in [9.17, 15) is 18.8 Å². The van der Waals surface area contributed by atoms with Gasteiger partial charge >= 0.3 is 0 Å². The van der Waals surface area contributed by atoms with Crippen LogP contribution >= 0.6 is 11.6 Å². The zero-order valence-electron chi connectivity index (χ0n) is 21.1. The summed E-state index contributed by atoms with van der Waals surface area (Å²) in [6.45, 7) is 3.97.